The summed E-state index contributed by atoms with van der Waals surface area (Å²) < 4.78 is 5.46. The van der Waals surface area contributed by atoms with Crippen LogP contribution in [0.4, 0.5) is 10.6 Å². The van der Waals surface area contributed by atoms with Gasteiger partial charge in [0.1, 0.15) is 11.6 Å². The van der Waals surface area contributed by atoms with Gasteiger partial charge in [0.25, 0.3) is 0 Å². The lowest BCUT2D eigenvalue weighted by Gasteiger charge is -2.36. The summed E-state index contributed by atoms with van der Waals surface area (Å²) in [6.45, 7) is 6.66. The number of piperazine rings is 1. The number of hydrogen-bond acceptors (Lipinski definition) is 6. The van der Waals surface area contributed by atoms with Crippen LogP contribution in [0.15, 0.2) is 41.4 Å². The number of urea groups is 1. The van der Waals surface area contributed by atoms with Gasteiger partial charge in [-0.3, -0.25) is 9.88 Å². The van der Waals surface area contributed by atoms with E-state index in [0.717, 1.165) is 63.7 Å². The first-order valence-corrected chi connectivity index (χ1v) is 10.1. The molecule has 8 heteroatoms. The van der Waals surface area contributed by atoms with Gasteiger partial charge >= 0.3 is 6.03 Å². The maximum absolute atomic E-state index is 12.6. The third-order valence-corrected chi connectivity index (χ3v) is 5.55. The molecule has 2 fully saturated rings. The summed E-state index contributed by atoms with van der Waals surface area (Å²) in [7, 11) is 0. The third-order valence-electron chi connectivity index (χ3n) is 5.55. The van der Waals surface area contributed by atoms with E-state index in [4.69, 9.17) is 4.42 Å². The number of piperidine rings is 1. The molecule has 2 aromatic heterocycles. The van der Waals surface area contributed by atoms with Crippen LogP contribution in [0.2, 0.25) is 0 Å². The van der Waals surface area contributed by atoms with Crippen molar-refractivity contribution in [2.75, 3.05) is 50.7 Å². The fraction of sp³-hybridized carbons (Fsp3) is 0.550. The zero-order valence-corrected chi connectivity index (χ0v) is 16.2. The minimum atomic E-state index is 0.0435. The van der Waals surface area contributed by atoms with E-state index >= 15 is 0 Å². The third kappa shape index (κ3) is 4.81. The monoisotopic (exact) mass is 384 g/mol. The van der Waals surface area contributed by atoms with Crippen molar-refractivity contribution in [3.63, 3.8) is 0 Å². The molecule has 4 rings (SSSR count). The molecule has 0 bridgehead atoms. The Morgan fingerprint density at radius 2 is 2.11 bits per heavy atom. The first-order valence-electron chi connectivity index (χ1n) is 10.1. The van der Waals surface area contributed by atoms with Gasteiger partial charge in [0, 0.05) is 51.7 Å². The number of likely N-dealkylation sites (tertiary alicyclic amines) is 1. The van der Waals surface area contributed by atoms with Crippen LogP contribution in [0, 0.1) is 5.92 Å². The molecule has 0 aromatic carbocycles. The fourth-order valence-corrected chi connectivity index (χ4v) is 4.02. The van der Waals surface area contributed by atoms with Gasteiger partial charge in [-0.2, -0.15) is 0 Å². The van der Waals surface area contributed by atoms with Crippen LogP contribution in [-0.4, -0.2) is 71.6 Å². The Morgan fingerprint density at radius 1 is 1.21 bits per heavy atom. The highest BCUT2D eigenvalue weighted by molar-refractivity contribution is 5.74. The summed E-state index contributed by atoms with van der Waals surface area (Å²) in [6, 6.07) is 4.00. The number of hydrogen-bond donors (Lipinski definition) is 1. The van der Waals surface area contributed by atoms with Crippen LogP contribution in [0.1, 0.15) is 18.6 Å². The normalized spacial score (nSPS) is 20.9. The molecule has 4 heterocycles. The lowest BCUT2D eigenvalue weighted by molar-refractivity contribution is 0.151. The van der Waals surface area contributed by atoms with Crippen molar-refractivity contribution >= 4 is 11.8 Å². The van der Waals surface area contributed by atoms with Crippen molar-refractivity contribution in [3.05, 3.63) is 42.7 Å². The van der Waals surface area contributed by atoms with Gasteiger partial charge in [0.05, 0.1) is 19.0 Å². The number of carbonyl (C=O) groups is 1. The second-order valence-corrected chi connectivity index (χ2v) is 7.55. The lowest BCUT2D eigenvalue weighted by atomic mass is 9.98. The van der Waals surface area contributed by atoms with Crippen molar-refractivity contribution in [1.29, 1.82) is 0 Å². The van der Waals surface area contributed by atoms with Crippen LogP contribution in [0.25, 0.3) is 0 Å². The standard InChI is InChI=1S/C20H28N6O2/c27-20(26-10-8-25(9-11-26)19-14-21-5-6-22-19)23-13-17-3-1-7-24(15-17)16-18-4-2-12-28-18/h2,4-6,12,14,17H,1,3,7-11,13,15-16H2,(H,23,27). The number of nitrogens with zero attached hydrogens (tertiary/aromatic N) is 5. The largest absolute Gasteiger partial charge is 0.468 e. The molecule has 1 atom stereocenters. The van der Waals surface area contributed by atoms with E-state index in [1.54, 1.807) is 24.9 Å². The molecule has 2 aliphatic heterocycles. The summed E-state index contributed by atoms with van der Waals surface area (Å²) in [6.07, 6.45) is 9.20. The number of amides is 2. The number of nitrogens with one attached hydrogen (secondary N) is 1. The van der Waals surface area contributed by atoms with E-state index in [-0.39, 0.29) is 6.03 Å². The summed E-state index contributed by atoms with van der Waals surface area (Å²) in [5, 5.41) is 3.15. The average Bonchev–Trinajstić information content (AvgIpc) is 3.26. The van der Waals surface area contributed by atoms with Crippen molar-refractivity contribution in [3.8, 4) is 0 Å². The van der Waals surface area contributed by atoms with Gasteiger partial charge in [-0.05, 0) is 37.4 Å². The van der Waals surface area contributed by atoms with E-state index in [0.29, 0.717) is 19.0 Å². The fourth-order valence-electron chi connectivity index (χ4n) is 4.02. The maximum Gasteiger partial charge on any atom is 0.317 e. The Hall–Kier alpha value is -2.61. The molecule has 150 valence electrons. The van der Waals surface area contributed by atoms with E-state index < -0.39 is 0 Å². The van der Waals surface area contributed by atoms with Gasteiger partial charge in [0.2, 0.25) is 0 Å². The lowest BCUT2D eigenvalue weighted by Crippen LogP contribution is -2.53. The molecule has 0 saturated carbocycles. The van der Waals surface area contributed by atoms with Crippen LogP contribution < -0.4 is 10.2 Å². The molecule has 2 amide bonds. The summed E-state index contributed by atoms with van der Waals surface area (Å²) in [5.74, 6) is 2.38. The zero-order chi connectivity index (χ0) is 19.2. The Kier molecular flexibility index (Phi) is 6.06. The minimum Gasteiger partial charge on any atom is -0.468 e. The highest BCUT2D eigenvalue weighted by Gasteiger charge is 2.24. The van der Waals surface area contributed by atoms with Gasteiger partial charge in [-0.15, -0.1) is 0 Å². The highest BCUT2D eigenvalue weighted by atomic mass is 16.3. The van der Waals surface area contributed by atoms with Crippen molar-refractivity contribution in [1.82, 2.24) is 25.1 Å². The molecule has 28 heavy (non-hydrogen) atoms. The molecule has 1 unspecified atom stereocenters. The number of rotatable bonds is 5. The summed E-state index contributed by atoms with van der Waals surface area (Å²) >= 11 is 0. The minimum absolute atomic E-state index is 0.0435. The molecule has 2 aliphatic rings. The predicted molar refractivity (Wildman–Crippen MR) is 106 cm³/mol. The molecule has 2 aromatic rings. The van der Waals surface area contributed by atoms with E-state index in [1.165, 1.54) is 0 Å². The maximum atomic E-state index is 12.6. The predicted octanol–water partition coefficient (Wildman–Crippen LogP) is 1.81. The second-order valence-electron chi connectivity index (χ2n) is 7.55. The van der Waals surface area contributed by atoms with Gasteiger partial charge in [0.15, 0.2) is 0 Å². The first kappa shape index (κ1) is 18.7. The van der Waals surface area contributed by atoms with Crippen LogP contribution in [0.3, 0.4) is 0 Å². The summed E-state index contributed by atoms with van der Waals surface area (Å²) in [4.78, 5) is 27.5. The first-order chi connectivity index (χ1) is 13.8. The molecule has 0 aliphatic carbocycles. The molecule has 8 nitrogen and oxygen atoms in total. The van der Waals surface area contributed by atoms with Crippen molar-refractivity contribution in [2.24, 2.45) is 5.92 Å². The molecule has 0 radical (unpaired) electrons. The smallest absolute Gasteiger partial charge is 0.317 e. The van der Waals surface area contributed by atoms with Crippen LogP contribution in [-0.2, 0) is 6.54 Å². The Balaban J connectivity index is 1.19. The topological polar surface area (TPSA) is 77.7 Å². The van der Waals surface area contributed by atoms with Crippen molar-refractivity contribution in [2.45, 2.75) is 19.4 Å². The quantitative estimate of drug-likeness (QED) is 0.847. The molecule has 1 N–H and O–H groups in total. The zero-order valence-electron chi connectivity index (χ0n) is 16.2. The average molecular weight is 384 g/mol. The Labute approximate surface area is 165 Å². The SMILES string of the molecule is O=C(NCC1CCCN(Cc2ccco2)C1)N1CCN(c2cnccn2)CC1. The van der Waals surface area contributed by atoms with Gasteiger partial charge < -0.3 is 19.5 Å². The van der Waals surface area contributed by atoms with Gasteiger partial charge in [-0.1, -0.05) is 0 Å². The highest BCUT2D eigenvalue weighted by Crippen LogP contribution is 2.18. The number of carbonyl (C=O) groups excluding carboxylic acids is 1. The Bertz CT molecular complexity index is 730. The number of aromatic nitrogens is 2. The second kappa shape index (κ2) is 9.05. The van der Waals surface area contributed by atoms with Gasteiger partial charge in [-0.25, -0.2) is 9.78 Å². The molecular weight excluding hydrogens is 356 g/mol. The van der Waals surface area contributed by atoms with E-state index in [1.807, 2.05) is 17.0 Å². The van der Waals surface area contributed by atoms with E-state index in [9.17, 15) is 4.79 Å². The molecule has 0 spiro atoms. The number of anilines is 1. The molecular formula is C20H28N6O2. The molecule has 2 saturated heterocycles. The van der Waals surface area contributed by atoms with Crippen LogP contribution >= 0.6 is 0 Å². The van der Waals surface area contributed by atoms with Crippen molar-refractivity contribution < 1.29 is 9.21 Å². The van der Waals surface area contributed by atoms with E-state index in [2.05, 4.69) is 25.1 Å². The number of furan rings is 1. The Morgan fingerprint density at radius 3 is 2.86 bits per heavy atom. The van der Waals surface area contributed by atoms with Crippen LogP contribution in [0.5, 0.6) is 0 Å². The summed E-state index contributed by atoms with van der Waals surface area (Å²) in [5.41, 5.74) is 0.